The van der Waals surface area contributed by atoms with Gasteiger partial charge in [0.1, 0.15) is 24.1 Å². The molecule has 0 saturated carbocycles. The molecule has 2 N–H and O–H groups in total. The summed E-state index contributed by atoms with van der Waals surface area (Å²) >= 11 is 0. The maximum Gasteiger partial charge on any atom is 0.226 e. The van der Waals surface area contributed by atoms with E-state index in [1.54, 1.807) is 18.5 Å². The van der Waals surface area contributed by atoms with Crippen LogP contribution in [0.5, 0.6) is 0 Å². The molecule has 0 aliphatic rings. The molecule has 0 unspecified atom stereocenters. The molecule has 3 heterocycles. The molecular weight excluding hydrogens is 284 g/mol. The maximum atomic E-state index is 11.8. The second-order valence-electron chi connectivity index (χ2n) is 4.56. The molecule has 0 amide bonds. The Morgan fingerprint density at radius 3 is 2.91 bits per heavy atom. The van der Waals surface area contributed by atoms with Gasteiger partial charge in [-0.05, 0) is 23.8 Å². The normalized spacial score (nSPS) is 11.5. The van der Waals surface area contributed by atoms with Crippen molar-refractivity contribution in [3.8, 4) is 0 Å². The van der Waals surface area contributed by atoms with E-state index in [1.807, 2.05) is 12.1 Å². The first-order valence-corrected chi connectivity index (χ1v) is 6.49. The standard InChI is InChI=1S/C15H12N4O3/c20-13(7-14(21)15-17-9-18-19-15)11-6-12(22-8-11)5-10-1-3-16-4-2-10/h1-4,6-9,20H,5H2,(H,17,18,19). The van der Waals surface area contributed by atoms with Gasteiger partial charge in [-0.25, -0.2) is 4.98 Å². The van der Waals surface area contributed by atoms with E-state index in [0.717, 1.165) is 11.6 Å². The number of nitrogens with zero attached hydrogens (tertiary/aromatic N) is 3. The number of carbonyl (C=O) groups is 1. The highest BCUT2D eigenvalue weighted by Crippen LogP contribution is 2.18. The highest BCUT2D eigenvalue weighted by atomic mass is 16.3. The summed E-state index contributed by atoms with van der Waals surface area (Å²) in [5, 5.41) is 16.0. The fraction of sp³-hybridized carbons (Fsp3) is 0.0667. The Labute approximate surface area is 125 Å². The molecule has 110 valence electrons. The van der Waals surface area contributed by atoms with E-state index in [4.69, 9.17) is 4.42 Å². The number of aliphatic hydroxyl groups is 1. The lowest BCUT2D eigenvalue weighted by Crippen LogP contribution is -1.99. The van der Waals surface area contributed by atoms with E-state index in [-0.39, 0.29) is 11.6 Å². The van der Waals surface area contributed by atoms with Gasteiger partial charge in [0.25, 0.3) is 0 Å². The van der Waals surface area contributed by atoms with Crippen molar-refractivity contribution >= 4 is 11.5 Å². The Morgan fingerprint density at radius 2 is 2.18 bits per heavy atom. The molecule has 0 radical (unpaired) electrons. The number of aromatic nitrogens is 4. The van der Waals surface area contributed by atoms with Gasteiger partial charge in [-0.2, -0.15) is 5.10 Å². The van der Waals surface area contributed by atoms with Crippen LogP contribution in [-0.4, -0.2) is 31.1 Å². The van der Waals surface area contributed by atoms with Crippen LogP contribution in [0.4, 0.5) is 0 Å². The van der Waals surface area contributed by atoms with Crippen LogP contribution in [0.2, 0.25) is 0 Å². The molecule has 3 aromatic rings. The molecule has 22 heavy (non-hydrogen) atoms. The summed E-state index contributed by atoms with van der Waals surface area (Å²) in [7, 11) is 0. The van der Waals surface area contributed by atoms with E-state index in [0.29, 0.717) is 17.7 Å². The maximum absolute atomic E-state index is 11.8. The van der Waals surface area contributed by atoms with Gasteiger partial charge in [0.2, 0.25) is 5.78 Å². The van der Waals surface area contributed by atoms with E-state index in [9.17, 15) is 9.90 Å². The monoisotopic (exact) mass is 296 g/mol. The third-order valence-electron chi connectivity index (χ3n) is 2.99. The first-order valence-electron chi connectivity index (χ1n) is 6.49. The minimum Gasteiger partial charge on any atom is -0.507 e. The Kier molecular flexibility index (Phi) is 3.78. The van der Waals surface area contributed by atoms with Crippen molar-refractivity contribution in [3.63, 3.8) is 0 Å². The van der Waals surface area contributed by atoms with Gasteiger partial charge < -0.3 is 9.52 Å². The topological polar surface area (TPSA) is 105 Å². The molecule has 7 heteroatoms. The van der Waals surface area contributed by atoms with E-state index in [1.165, 1.54) is 12.6 Å². The van der Waals surface area contributed by atoms with Crippen LogP contribution >= 0.6 is 0 Å². The van der Waals surface area contributed by atoms with E-state index < -0.39 is 5.78 Å². The minimum atomic E-state index is -0.466. The number of allylic oxidation sites excluding steroid dienone is 1. The van der Waals surface area contributed by atoms with Crippen molar-refractivity contribution in [2.45, 2.75) is 6.42 Å². The lowest BCUT2D eigenvalue weighted by atomic mass is 10.1. The molecule has 3 aromatic heterocycles. The Morgan fingerprint density at radius 1 is 1.36 bits per heavy atom. The van der Waals surface area contributed by atoms with Gasteiger partial charge in [0.05, 0.1) is 5.56 Å². The summed E-state index contributed by atoms with van der Waals surface area (Å²) in [6, 6.07) is 5.44. The Bertz CT molecular complexity index is 791. The largest absolute Gasteiger partial charge is 0.507 e. The van der Waals surface area contributed by atoms with Gasteiger partial charge in [-0.15, -0.1) is 0 Å². The molecule has 0 saturated heterocycles. The average Bonchev–Trinajstić information content (AvgIpc) is 3.19. The summed E-state index contributed by atoms with van der Waals surface area (Å²) in [6.07, 6.45) is 7.67. The fourth-order valence-corrected chi connectivity index (χ4v) is 1.91. The third-order valence-corrected chi connectivity index (χ3v) is 2.99. The van der Waals surface area contributed by atoms with Crippen LogP contribution < -0.4 is 0 Å². The molecule has 0 aromatic carbocycles. The zero-order valence-electron chi connectivity index (χ0n) is 11.4. The molecule has 0 bridgehead atoms. The number of H-pyrrole nitrogens is 1. The zero-order chi connectivity index (χ0) is 15.4. The van der Waals surface area contributed by atoms with Crippen LogP contribution in [0.15, 0.2) is 53.7 Å². The summed E-state index contributed by atoms with van der Waals surface area (Å²) in [6.45, 7) is 0. The first-order chi connectivity index (χ1) is 10.7. The lowest BCUT2D eigenvalue weighted by Gasteiger charge is -1.96. The predicted molar refractivity (Wildman–Crippen MR) is 77.1 cm³/mol. The SMILES string of the molecule is O=C(C=C(O)c1coc(Cc2ccncc2)c1)c1ncn[nH]1. The van der Waals surface area contributed by atoms with Crippen molar-refractivity contribution in [2.24, 2.45) is 0 Å². The van der Waals surface area contributed by atoms with Crippen LogP contribution in [-0.2, 0) is 6.42 Å². The van der Waals surface area contributed by atoms with E-state index in [2.05, 4.69) is 20.2 Å². The zero-order valence-corrected chi connectivity index (χ0v) is 11.4. The number of rotatable bonds is 5. The number of nitrogens with one attached hydrogen (secondary N) is 1. The number of carbonyl (C=O) groups excluding carboxylic acids is 1. The second-order valence-corrected chi connectivity index (χ2v) is 4.56. The third kappa shape index (κ3) is 3.09. The fourth-order valence-electron chi connectivity index (χ4n) is 1.91. The molecular formula is C15H12N4O3. The summed E-state index contributed by atoms with van der Waals surface area (Å²) in [5.74, 6) is 0.0818. The van der Waals surface area contributed by atoms with E-state index >= 15 is 0 Å². The van der Waals surface area contributed by atoms with Crippen LogP contribution in [0, 0.1) is 0 Å². The Balaban J connectivity index is 1.74. The number of hydrogen-bond donors (Lipinski definition) is 2. The highest BCUT2D eigenvalue weighted by molar-refractivity contribution is 6.05. The summed E-state index contributed by atoms with van der Waals surface area (Å²) in [4.78, 5) is 19.4. The minimum absolute atomic E-state index is 0.0621. The molecule has 0 spiro atoms. The Hall–Kier alpha value is -3.22. The van der Waals surface area contributed by atoms with Crippen molar-refractivity contribution in [2.75, 3.05) is 0 Å². The molecule has 0 aliphatic carbocycles. The van der Waals surface area contributed by atoms with Crippen LogP contribution in [0.1, 0.15) is 27.5 Å². The summed E-state index contributed by atoms with van der Waals surface area (Å²) in [5.41, 5.74) is 1.47. The van der Waals surface area contributed by atoms with Gasteiger partial charge >= 0.3 is 0 Å². The lowest BCUT2D eigenvalue weighted by molar-refractivity contribution is 0.103. The van der Waals surface area contributed by atoms with Crippen LogP contribution in [0.3, 0.4) is 0 Å². The van der Waals surface area contributed by atoms with Crippen molar-refractivity contribution in [3.05, 3.63) is 72.0 Å². The van der Waals surface area contributed by atoms with Crippen LogP contribution in [0.25, 0.3) is 5.76 Å². The van der Waals surface area contributed by atoms with Crippen molar-refractivity contribution < 1.29 is 14.3 Å². The van der Waals surface area contributed by atoms with Gasteiger partial charge in [0, 0.05) is 24.9 Å². The second kappa shape index (κ2) is 6.04. The average molecular weight is 296 g/mol. The highest BCUT2D eigenvalue weighted by Gasteiger charge is 2.11. The molecule has 3 rings (SSSR count). The van der Waals surface area contributed by atoms with Gasteiger partial charge in [-0.1, -0.05) is 0 Å². The number of pyridine rings is 1. The number of furan rings is 1. The van der Waals surface area contributed by atoms with Crippen molar-refractivity contribution in [1.29, 1.82) is 0 Å². The number of aliphatic hydroxyl groups excluding tert-OH is 1. The quantitative estimate of drug-likeness (QED) is 0.424. The smallest absolute Gasteiger partial charge is 0.226 e. The van der Waals surface area contributed by atoms with Gasteiger partial charge in [0.15, 0.2) is 5.82 Å². The number of ketones is 1. The molecule has 0 aliphatic heterocycles. The molecule has 0 fully saturated rings. The first kappa shape index (κ1) is 13.7. The van der Waals surface area contributed by atoms with Gasteiger partial charge in [-0.3, -0.25) is 14.9 Å². The van der Waals surface area contributed by atoms with Crippen molar-refractivity contribution in [1.82, 2.24) is 20.2 Å². The number of aromatic amines is 1. The number of hydrogen-bond acceptors (Lipinski definition) is 6. The summed E-state index contributed by atoms with van der Waals surface area (Å²) < 4.78 is 5.39. The molecule has 0 atom stereocenters. The predicted octanol–water partition coefficient (Wildman–Crippen LogP) is 2.17. The molecule has 7 nitrogen and oxygen atoms in total.